The summed E-state index contributed by atoms with van der Waals surface area (Å²) in [6, 6.07) is 15.8. The molecule has 0 aliphatic carbocycles. The largest absolute Gasteiger partial charge is 0.454 e. The van der Waals surface area contributed by atoms with E-state index in [2.05, 4.69) is 0 Å². The highest BCUT2D eigenvalue weighted by Crippen LogP contribution is 2.24. The smallest absolute Gasteiger partial charge is 0.329 e. The summed E-state index contributed by atoms with van der Waals surface area (Å²) in [5.41, 5.74) is 1.03. The van der Waals surface area contributed by atoms with Crippen LogP contribution in [0.25, 0.3) is 0 Å². The van der Waals surface area contributed by atoms with Crippen molar-refractivity contribution in [2.24, 2.45) is 0 Å². The predicted molar refractivity (Wildman–Crippen MR) is 106 cm³/mol. The van der Waals surface area contributed by atoms with Gasteiger partial charge in [0.2, 0.25) is 0 Å². The zero-order valence-corrected chi connectivity index (χ0v) is 16.3. The highest BCUT2D eigenvalue weighted by Gasteiger charge is 2.41. The third kappa shape index (κ3) is 4.05. The van der Waals surface area contributed by atoms with Crippen LogP contribution in [0.4, 0.5) is 5.69 Å². The summed E-state index contributed by atoms with van der Waals surface area (Å²) in [6.07, 6.45) is 0.111. The molecular weight excluding hydrogens is 386 g/mol. The summed E-state index contributed by atoms with van der Waals surface area (Å²) < 4.78 is 5.10. The molecule has 152 valence electrons. The first kappa shape index (κ1) is 20.7. The third-order valence-corrected chi connectivity index (χ3v) is 4.71. The molecule has 0 radical (unpaired) electrons. The van der Waals surface area contributed by atoms with Crippen LogP contribution in [0.5, 0.6) is 0 Å². The van der Waals surface area contributed by atoms with Gasteiger partial charge in [-0.2, -0.15) is 5.26 Å². The molecule has 30 heavy (non-hydrogen) atoms. The number of ether oxygens (including phenoxy) is 1. The zero-order valence-electron chi connectivity index (χ0n) is 16.3. The molecule has 0 fully saturated rings. The van der Waals surface area contributed by atoms with E-state index in [1.165, 1.54) is 24.0 Å². The molecule has 1 atom stereocenters. The third-order valence-electron chi connectivity index (χ3n) is 4.71. The molecule has 1 unspecified atom stereocenters. The van der Waals surface area contributed by atoms with Gasteiger partial charge in [-0.05, 0) is 31.2 Å². The highest BCUT2D eigenvalue weighted by molar-refractivity contribution is 6.22. The summed E-state index contributed by atoms with van der Waals surface area (Å²) in [6.45, 7) is 0.941. The number of carbonyl (C=O) groups excluding carboxylic acids is 4. The molecule has 1 heterocycles. The number of nitriles is 1. The maximum Gasteiger partial charge on any atom is 0.329 e. The average Bonchev–Trinajstić information content (AvgIpc) is 3.03. The molecule has 2 aromatic carbocycles. The van der Waals surface area contributed by atoms with Gasteiger partial charge in [0.1, 0.15) is 6.04 Å². The van der Waals surface area contributed by atoms with Gasteiger partial charge >= 0.3 is 5.97 Å². The molecule has 8 heteroatoms. The molecule has 3 amide bonds. The summed E-state index contributed by atoms with van der Waals surface area (Å²) >= 11 is 0. The second-order valence-electron chi connectivity index (χ2n) is 6.60. The molecular formula is C22H19N3O5. The number of hydrogen-bond acceptors (Lipinski definition) is 6. The SMILES string of the molecule is CC(C(=O)OCC(=O)N(CCC#N)c1ccccc1)N1C(=O)c2ccccc2C1=O. The minimum atomic E-state index is -1.19. The van der Waals surface area contributed by atoms with Crippen molar-refractivity contribution < 1.29 is 23.9 Å². The van der Waals surface area contributed by atoms with Crippen LogP contribution in [0.15, 0.2) is 54.6 Å². The molecule has 0 spiro atoms. The quantitative estimate of drug-likeness (QED) is 0.516. The number of amides is 3. The molecule has 3 rings (SSSR count). The van der Waals surface area contributed by atoms with E-state index in [4.69, 9.17) is 10.00 Å². The fraction of sp³-hybridized carbons (Fsp3) is 0.227. The summed E-state index contributed by atoms with van der Waals surface area (Å²) in [7, 11) is 0. The van der Waals surface area contributed by atoms with Crippen LogP contribution in [-0.4, -0.2) is 47.8 Å². The van der Waals surface area contributed by atoms with Crippen molar-refractivity contribution in [2.45, 2.75) is 19.4 Å². The van der Waals surface area contributed by atoms with Crippen molar-refractivity contribution in [3.05, 3.63) is 65.7 Å². The Morgan fingerprint density at radius 2 is 1.60 bits per heavy atom. The number of benzene rings is 2. The average molecular weight is 405 g/mol. The van der Waals surface area contributed by atoms with Crippen LogP contribution in [0.3, 0.4) is 0 Å². The molecule has 0 saturated heterocycles. The fourth-order valence-electron chi connectivity index (χ4n) is 3.16. The van der Waals surface area contributed by atoms with Crippen LogP contribution in [0.2, 0.25) is 0 Å². The number of rotatable bonds is 7. The Balaban J connectivity index is 1.66. The lowest BCUT2D eigenvalue weighted by Crippen LogP contribution is -2.45. The van der Waals surface area contributed by atoms with E-state index in [1.54, 1.807) is 42.5 Å². The van der Waals surface area contributed by atoms with Gasteiger partial charge < -0.3 is 9.64 Å². The predicted octanol–water partition coefficient (Wildman–Crippen LogP) is 2.16. The first-order valence-corrected chi connectivity index (χ1v) is 9.31. The van der Waals surface area contributed by atoms with Gasteiger partial charge in [-0.25, -0.2) is 4.79 Å². The Hall–Kier alpha value is -3.99. The Labute approximate surface area is 173 Å². The normalized spacial score (nSPS) is 13.4. The molecule has 1 aliphatic heterocycles. The van der Waals surface area contributed by atoms with Gasteiger partial charge in [0.05, 0.1) is 23.6 Å². The van der Waals surface area contributed by atoms with E-state index in [0.717, 1.165) is 4.90 Å². The summed E-state index contributed by atoms with van der Waals surface area (Å²) in [5, 5.41) is 8.84. The Morgan fingerprint density at radius 3 is 2.17 bits per heavy atom. The maximum atomic E-state index is 12.6. The molecule has 0 N–H and O–H groups in total. The van der Waals surface area contributed by atoms with Crippen molar-refractivity contribution in [2.75, 3.05) is 18.1 Å². The number of anilines is 1. The number of para-hydroxylation sites is 1. The molecule has 8 nitrogen and oxygen atoms in total. The minimum Gasteiger partial charge on any atom is -0.454 e. The lowest BCUT2D eigenvalue weighted by atomic mass is 10.1. The first-order valence-electron chi connectivity index (χ1n) is 9.31. The highest BCUT2D eigenvalue weighted by atomic mass is 16.5. The van der Waals surface area contributed by atoms with Crippen molar-refractivity contribution in [1.29, 1.82) is 5.26 Å². The Kier molecular flexibility index (Phi) is 6.23. The van der Waals surface area contributed by atoms with Crippen LogP contribution >= 0.6 is 0 Å². The molecule has 0 saturated carbocycles. The van der Waals surface area contributed by atoms with E-state index in [0.29, 0.717) is 5.69 Å². The van der Waals surface area contributed by atoms with Crippen LogP contribution < -0.4 is 4.90 Å². The van der Waals surface area contributed by atoms with E-state index in [9.17, 15) is 19.2 Å². The lowest BCUT2D eigenvalue weighted by Gasteiger charge is -2.23. The van der Waals surface area contributed by atoms with Gasteiger partial charge in [0.15, 0.2) is 6.61 Å². The Morgan fingerprint density at radius 1 is 1.03 bits per heavy atom. The number of nitrogens with zero attached hydrogens (tertiary/aromatic N) is 3. The van der Waals surface area contributed by atoms with Crippen molar-refractivity contribution >= 4 is 29.4 Å². The van der Waals surface area contributed by atoms with Crippen LogP contribution in [0, 0.1) is 11.3 Å². The van der Waals surface area contributed by atoms with Crippen molar-refractivity contribution in [3.63, 3.8) is 0 Å². The standard InChI is InChI=1S/C22H19N3O5/c1-15(25-20(27)17-10-5-6-11-18(17)21(25)28)22(29)30-14-19(26)24(13-7-12-23)16-8-3-2-4-9-16/h2-6,8-11,15H,7,13-14H2,1H3. The number of esters is 1. The maximum absolute atomic E-state index is 12.6. The van der Waals surface area contributed by atoms with Gasteiger partial charge in [-0.1, -0.05) is 30.3 Å². The van der Waals surface area contributed by atoms with E-state index < -0.39 is 36.3 Å². The van der Waals surface area contributed by atoms with Crippen molar-refractivity contribution in [3.8, 4) is 6.07 Å². The fourth-order valence-corrected chi connectivity index (χ4v) is 3.16. The van der Waals surface area contributed by atoms with Crippen LogP contribution in [0.1, 0.15) is 34.1 Å². The molecule has 0 aromatic heterocycles. The molecule has 1 aliphatic rings. The monoisotopic (exact) mass is 405 g/mol. The van der Waals surface area contributed by atoms with Gasteiger partial charge in [0, 0.05) is 12.2 Å². The van der Waals surface area contributed by atoms with Gasteiger partial charge in [0.25, 0.3) is 17.7 Å². The van der Waals surface area contributed by atoms with Gasteiger partial charge in [-0.3, -0.25) is 19.3 Å². The van der Waals surface area contributed by atoms with Crippen LogP contribution in [-0.2, 0) is 14.3 Å². The number of carbonyl (C=O) groups is 4. The Bertz CT molecular complexity index is 994. The lowest BCUT2D eigenvalue weighted by molar-refractivity contribution is -0.151. The minimum absolute atomic E-state index is 0.111. The van der Waals surface area contributed by atoms with E-state index >= 15 is 0 Å². The molecule has 2 aromatic rings. The molecule has 0 bridgehead atoms. The summed E-state index contributed by atoms with van der Waals surface area (Å²) in [4.78, 5) is 52.2. The van der Waals surface area contributed by atoms with Gasteiger partial charge in [-0.15, -0.1) is 0 Å². The number of imide groups is 1. The second kappa shape index (κ2) is 9.01. The van der Waals surface area contributed by atoms with E-state index in [1.807, 2.05) is 6.07 Å². The number of fused-ring (bicyclic) bond motifs is 1. The summed E-state index contributed by atoms with van der Waals surface area (Å²) in [5.74, 6) is -2.54. The van der Waals surface area contributed by atoms with E-state index in [-0.39, 0.29) is 24.1 Å². The zero-order chi connectivity index (χ0) is 21.7. The second-order valence-corrected chi connectivity index (χ2v) is 6.60. The first-order chi connectivity index (χ1) is 14.5. The topological polar surface area (TPSA) is 108 Å². The number of hydrogen-bond donors (Lipinski definition) is 0. The van der Waals surface area contributed by atoms with Crippen molar-refractivity contribution in [1.82, 2.24) is 4.90 Å².